The molecule has 61 heavy (non-hydrogen) atoms. The Balaban J connectivity index is 0.866. The molecule has 15 rings (SSSR count). The molecule has 2 aromatic heterocycles. The van der Waals surface area contributed by atoms with Crippen LogP contribution in [0.4, 0.5) is 17.1 Å². The van der Waals surface area contributed by atoms with Gasteiger partial charge in [0.2, 0.25) is 0 Å². The fraction of sp³-hybridized carbons (Fsp3) is 0.172. The van der Waals surface area contributed by atoms with Crippen molar-refractivity contribution in [3.8, 4) is 33.4 Å². The van der Waals surface area contributed by atoms with Crippen molar-refractivity contribution in [2.45, 2.75) is 37.5 Å². The number of hydrogen-bond acceptors (Lipinski definition) is 3. The van der Waals surface area contributed by atoms with E-state index in [4.69, 9.17) is 0 Å². The summed E-state index contributed by atoms with van der Waals surface area (Å²) in [6.45, 7) is 0. The van der Waals surface area contributed by atoms with E-state index in [-0.39, 0.29) is 5.41 Å². The van der Waals surface area contributed by atoms with Crippen LogP contribution in [0.1, 0.15) is 43.2 Å². The molecule has 8 aromatic carbocycles. The number of nitrogens with zero attached hydrogens (tertiary/aromatic N) is 1. The van der Waals surface area contributed by atoms with Crippen LogP contribution < -0.4 is 4.90 Å². The standard InChI is InChI=1S/C58H43NS2/c1-2-8-37(9-3-1)38-14-18-43(19-15-38)59(45-20-23-48-47-11-5-7-13-54(47)60-57(48)34-45)44-21-25-55-51(33-44)49-22-16-40(32-56(49)61-55)39-17-24-53-50(31-39)46-10-4-6-12-52(46)58(53)41-27-35-26-36(29-41)30-42(58)28-35/h1-25,31-36,41-42H,26-30H2. The molecule has 10 aromatic rings. The minimum Gasteiger partial charge on any atom is -0.310 e. The average Bonchev–Trinajstić information content (AvgIpc) is 3.96. The van der Waals surface area contributed by atoms with Crippen molar-refractivity contribution in [3.05, 3.63) is 187 Å². The number of rotatable bonds is 5. The first-order valence-electron chi connectivity index (χ1n) is 22.2. The van der Waals surface area contributed by atoms with Crippen molar-refractivity contribution in [1.29, 1.82) is 0 Å². The molecule has 1 spiro atoms. The Morgan fingerprint density at radius 2 is 0.918 bits per heavy atom. The molecular formula is C58H43NS2. The molecule has 3 heteroatoms. The van der Waals surface area contributed by atoms with E-state index in [2.05, 4.69) is 181 Å². The Morgan fingerprint density at radius 1 is 0.361 bits per heavy atom. The summed E-state index contributed by atoms with van der Waals surface area (Å²) in [5.41, 5.74) is 15.0. The number of benzene rings is 8. The summed E-state index contributed by atoms with van der Waals surface area (Å²) >= 11 is 3.79. The van der Waals surface area contributed by atoms with Crippen LogP contribution in [0.25, 0.3) is 73.7 Å². The summed E-state index contributed by atoms with van der Waals surface area (Å²) in [5.74, 6) is 3.50. The van der Waals surface area contributed by atoms with Gasteiger partial charge in [0, 0.05) is 62.8 Å². The van der Waals surface area contributed by atoms with E-state index < -0.39 is 0 Å². The van der Waals surface area contributed by atoms with Gasteiger partial charge in [0.15, 0.2) is 0 Å². The van der Waals surface area contributed by atoms with Gasteiger partial charge in [0.25, 0.3) is 0 Å². The summed E-state index contributed by atoms with van der Waals surface area (Å²) in [4.78, 5) is 2.44. The second-order valence-corrected chi connectivity index (χ2v) is 20.7. The van der Waals surface area contributed by atoms with Gasteiger partial charge < -0.3 is 4.90 Å². The molecule has 1 nitrogen and oxygen atoms in total. The maximum absolute atomic E-state index is 2.56. The highest BCUT2D eigenvalue weighted by Crippen LogP contribution is 2.69. The lowest BCUT2D eigenvalue weighted by atomic mass is 9.43. The van der Waals surface area contributed by atoms with Gasteiger partial charge in [-0.3, -0.25) is 0 Å². The van der Waals surface area contributed by atoms with Gasteiger partial charge in [-0.05, 0) is 161 Å². The van der Waals surface area contributed by atoms with E-state index in [1.165, 1.54) is 117 Å². The van der Waals surface area contributed by atoms with Crippen molar-refractivity contribution in [1.82, 2.24) is 0 Å². The zero-order valence-corrected chi connectivity index (χ0v) is 35.5. The maximum Gasteiger partial charge on any atom is 0.0476 e. The molecule has 0 atom stereocenters. The summed E-state index contributed by atoms with van der Waals surface area (Å²) in [6, 6.07) is 66.9. The van der Waals surface area contributed by atoms with Gasteiger partial charge in [0.1, 0.15) is 0 Å². The van der Waals surface area contributed by atoms with Crippen LogP contribution in [0, 0.1) is 23.7 Å². The van der Waals surface area contributed by atoms with Crippen LogP contribution in [-0.4, -0.2) is 0 Å². The molecule has 4 fully saturated rings. The molecule has 0 aliphatic heterocycles. The van der Waals surface area contributed by atoms with Crippen LogP contribution in [-0.2, 0) is 5.41 Å². The highest BCUT2D eigenvalue weighted by Gasteiger charge is 2.61. The highest BCUT2D eigenvalue weighted by molar-refractivity contribution is 7.26. The molecule has 0 N–H and O–H groups in total. The fourth-order valence-electron chi connectivity index (χ4n) is 13.2. The zero-order chi connectivity index (χ0) is 39.8. The first kappa shape index (κ1) is 34.7. The van der Waals surface area contributed by atoms with E-state index in [1.807, 2.05) is 22.7 Å². The van der Waals surface area contributed by atoms with E-state index in [0.717, 1.165) is 29.4 Å². The first-order chi connectivity index (χ1) is 30.2. The molecule has 4 bridgehead atoms. The molecule has 0 saturated heterocycles. The van der Waals surface area contributed by atoms with Crippen molar-refractivity contribution >= 4 is 80.1 Å². The van der Waals surface area contributed by atoms with E-state index in [1.54, 1.807) is 11.1 Å². The summed E-state index contributed by atoms with van der Waals surface area (Å²) in [7, 11) is 0. The second-order valence-electron chi connectivity index (χ2n) is 18.5. The molecule has 0 unspecified atom stereocenters. The Kier molecular flexibility index (Phi) is 7.39. The summed E-state index contributed by atoms with van der Waals surface area (Å²) in [5, 5.41) is 5.28. The van der Waals surface area contributed by atoms with Gasteiger partial charge in [-0.25, -0.2) is 0 Å². The maximum atomic E-state index is 2.56. The van der Waals surface area contributed by atoms with Gasteiger partial charge in [-0.2, -0.15) is 0 Å². The predicted molar refractivity (Wildman–Crippen MR) is 261 cm³/mol. The van der Waals surface area contributed by atoms with Crippen molar-refractivity contribution in [2.75, 3.05) is 4.90 Å². The van der Waals surface area contributed by atoms with E-state index in [9.17, 15) is 0 Å². The molecule has 292 valence electrons. The van der Waals surface area contributed by atoms with Crippen molar-refractivity contribution in [3.63, 3.8) is 0 Å². The van der Waals surface area contributed by atoms with Crippen LogP contribution in [0.2, 0.25) is 0 Å². The van der Waals surface area contributed by atoms with Crippen LogP contribution in [0.3, 0.4) is 0 Å². The Bertz CT molecular complexity index is 3360. The van der Waals surface area contributed by atoms with Crippen LogP contribution in [0.15, 0.2) is 176 Å². The molecule has 2 heterocycles. The minimum absolute atomic E-state index is 0.215. The van der Waals surface area contributed by atoms with Crippen LogP contribution >= 0.6 is 22.7 Å². The minimum atomic E-state index is 0.215. The topological polar surface area (TPSA) is 3.24 Å². The fourth-order valence-corrected chi connectivity index (χ4v) is 15.4. The van der Waals surface area contributed by atoms with Crippen molar-refractivity contribution in [2.24, 2.45) is 23.7 Å². The largest absolute Gasteiger partial charge is 0.310 e. The Morgan fingerprint density at radius 3 is 1.75 bits per heavy atom. The van der Waals surface area contributed by atoms with Crippen LogP contribution in [0.5, 0.6) is 0 Å². The number of fused-ring (bicyclic) bond motifs is 9. The SMILES string of the molecule is c1ccc(-c2ccc(N(c3ccc4c(c3)sc3ccccc34)c3ccc4sc5cc(-c6ccc7c(c6)-c6ccccc6C76C7CC8CC(C7)CC6C8)ccc5c4c3)cc2)cc1. The van der Waals surface area contributed by atoms with Crippen molar-refractivity contribution < 1.29 is 0 Å². The third kappa shape index (κ3) is 5.05. The third-order valence-corrected chi connectivity index (χ3v) is 17.7. The normalized spacial score (nSPS) is 22.2. The van der Waals surface area contributed by atoms with E-state index in [0.29, 0.717) is 0 Å². The molecular weight excluding hydrogens is 775 g/mol. The zero-order valence-electron chi connectivity index (χ0n) is 33.9. The Hall–Kier alpha value is -6.00. The predicted octanol–water partition coefficient (Wildman–Crippen LogP) is 16.9. The second kappa shape index (κ2) is 13.0. The molecule has 5 aliphatic carbocycles. The number of anilines is 3. The lowest BCUT2D eigenvalue weighted by Crippen LogP contribution is -2.55. The van der Waals surface area contributed by atoms with Gasteiger partial charge in [-0.15, -0.1) is 22.7 Å². The molecule has 4 saturated carbocycles. The molecule has 0 amide bonds. The van der Waals surface area contributed by atoms with Gasteiger partial charge in [-0.1, -0.05) is 115 Å². The lowest BCUT2D eigenvalue weighted by molar-refractivity contribution is -0.0399. The monoisotopic (exact) mass is 817 g/mol. The van der Waals surface area contributed by atoms with E-state index >= 15 is 0 Å². The van der Waals surface area contributed by atoms with Gasteiger partial charge >= 0.3 is 0 Å². The smallest absolute Gasteiger partial charge is 0.0476 e. The first-order valence-corrected chi connectivity index (χ1v) is 23.9. The number of thiophene rings is 2. The highest BCUT2D eigenvalue weighted by atomic mass is 32.1. The average molecular weight is 818 g/mol. The molecule has 0 radical (unpaired) electrons. The molecule has 5 aliphatic rings. The lowest BCUT2D eigenvalue weighted by Gasteiger charge is -2.61. The summed E-state index contributed by atoms with van der Waals surface area (Å²) in [6.07, 6.45) is 7.18. The van der Waals surface area contributed by atoms with Gasteiger partial charge in [0.05, 0.1) is 0 Å². The Labute approximate surface area is 364 Å². The third-order valence-electron chi connectivity index (χ3n) is 15.5. The quantitative estimate of drug-likeness (QED) is 0.167. The number of hydrogen-bond donors (Lipinski definition) is 0. The summed E-state index contributed by atoms with van der Waals surface area (Å²) < 4.78 is 5.30.